The minimum absolute atomic E-state index is 0.171. The molecule has 0 aromatic heterocycles. The number of carbonyl (C=O) groups excluding carboxylic acids is 1. The third-order valence-corrected chi connectivity index (χ3v) is 5.60. The van der Waals surface area contributed by atoms with Gasteiger partial charge in [0.15, 0.2) is 0 Å². The van der Waals surface area contributed by atoms with Gasteiger partial charge < -0.3 is 4.74 Å². The van der Waals surface area contributed by atoms with Gasteiger partial charge in [0.1, 0.15) is 0 Å². The predicted octanol–water partition coefficient (Wildman–Crippen LogP) is 2.36. The van der Waals surface area contributed by atoms with Crippen LogP contribution in [-0.4, -0.2) is 38.4 Å². The molecule has 0 N–H and O–H groups in total. The van der Waals surface area contributed by atoms with Crippen LogP contribution < -0.4 is 0 Å². The number of sulfonamides is 1. The number of rotatable bonds is 6. The molecule has 1 fully saturated rings. The van der Waals surface area contributed by atoms with Crippen LogP contribution >= 0.6 is 0 Å². The molecule has 0 unspecified atom stereocenters. The molecule has 1 aliphatic heterocycles. The van der Waals surface area contributed by atoms with E-state index in [2.05, 4.69) is 0 Å². The molecule has 0 atom stereocenters. The summed E-state index contributed by atoms with van der Waals surface area (Å²) in [7, 11) is -3.40. The van der Waals surface area contributed by atoms with Crippen molar-refractivity contribution in [3.8, 4) is 0 Å². The molecule has 0 amide bonds. The summed E-state index contributed by atoms with van der Waals surface area (Å²) >= 11 is 0. The predicted molar refractivity (Wildman–Crippen MR) is 84.0 cm³/mol. The maximum absolute atomic E-state index is 12.5. The Labute approximate surface area is 132 Å². The molecule has 5 nitrogen and oxygen atoms in total. The standard InChI is InChI=1S/C16H23NO4S/c1-2-12-21-16(18)13-14-6-8-15(9-7-14)22(19,20)17-10-4-3-5-11-17/h6-9H,2-5,10-13H2,1H3. The van der Waals surface area contributed by atoms with Gasteiger partial charge in [-0.1, -0.05) is 25.5 Å². The van der Waals surface area contributed by atoms with E-state index in [1.54, 1.807) is 28.6 Å². The SMILES string of the molecule is CCCOC(=O)Cc1ccc(S(=O)(=O)N2CCCCC2)cc1. The molecule has 1 aromatic rings. The van der Waals surface area contributed by atoms with Crippen molar-refractivity contribution in [1.29, 1.82) is 0 Å². The summed E-state index contributed by atoms with van der Waals surface area (Å²) in [6, 6.07) is 6.52. The van der Waals surface area contributed by atoms with Crippen LogP contribution in [0.2, 0.25) is 0 Å². The summed E-state index contributed by atoms with van der Waals surface area (Å²) in [4.78, 5) is 11.8. The molecule has 0 spiro atoms. The van der Waals surface area contributed by atoms with E-state index in [1.165, 1.54) is 0 Å². The van der Waals surface area contributed by atoms with Gasteiger partial charge in [-0.05, 0) is 37.0 Å². The Kier molecular flexibility index (Phi) is 5.97. The summed E-state index contributed by atoms with van der Waals surface area (Å²) < 4.78 is 31.6. The first kappa shape index (κ1) is 17.0. The fraction of sp³-hybridized carbons (Fsp3) is 0.562. The molecular weight excluding hydrogens is 302 g/mol. The van der Waals surface area contributed by atoms with E-state index in [1.807, 2.05) is 6.92 Å². The first-order valence-electron chi connectivity index (χ1n) is 7.78. The molecule has 0 radical (unpaired) electrons. The summed E-state index contributed by atoms with van der Waals surface area (Å²) in [5.74, 6) is -0.284. The van der Waals surface area contributed by atoms with Crippen molar-refractivity contribution < 1.29 is 17.9 Å². The van der Waals surface area contributed by atoms with Crippen LogP contribution in [-0.2, 0) is 26.0 Å². The Morgan fingerprint density at radius 1 is 1.14 bits per heavy atom. The molecule has 1 aliphatic rings. The lowest BCUT2D eigenvalue weighted by Gasteiger charge is -2.25. The molecule has 1 heterocycles. The Balaban J connectivity index is 2.03. The molecule has 0 aliphatic carbocycles. The zero-order chi connectivity index (χ0) is 16.0. The summed E-state index contributed by atoms with van der Waals surface area (Å²) in [5.41, 5.74) is 0.763. The van der Waals surface area contributed by atoms with Gasteiger partial charge in [0.05, 0.1) is 17.9 Å². The quantitative estimate of drug-likeness (QED) is 0.753. The van der Waals surface area contributed by atoms with Crippen LogP contribution in [0, 0.1) is 0 Å². The van der Waals surface area contributed by atoms with Gasteiger partial charge in [-0.15, -0.1) is 0 Å². The second kappa shape index (κ2) is 7.74. The van der Waals surface area contributed by atoms with Crippen molar-refractivity contribution in [3.05, 3.63) is 29.8 Å². The monoisotopic (exact) mass is 325 g/mol. The largest absolute Gasteiger partial charge is 0.465 e. The van der Waals surface area contributed by atoms with Crippen LogP contribution in [0.1, 0.15) is 38.2 Å². The highest BCUT2D eigenvalue weighted by Gasteiger charge is 2.25. The van der Waals surface area contributed by atoms with E-state index < -0.39 is 10.0 Å². The van der Waals surface area contributed by atoms with Gasteiger partial charge >= 0.3 is 5.97 Å². The summed E-state index contributed by atoms with van der Waals surface area (Å²) in [5, 5.41) is 0. The number of carbonyl (C=O) groups is 1. The molecule has 0 saturated carbocycles. The minimum atomic E-state index is -3.40. The van der Waals surface area contributed by atoms with Gasteiger partial charge in [-0.2, -0.15) is 4.31 Å². The molecule has 122 valence electrons. The van der Waals surface area contributed by atoms with E-state index in [0.717, 1.165) is 31.2 Å². The second-order valence-corrected chi connectivity index (χ2v) is 7.44. The summed E-state index contributed by atoms with van der Waals surface area (Å²) in [6.07, 6.45) is 3.88. The van der Waals surface area contributed by atoms with E-state index in [4.69, 9.17) is 4.74 Å². The molecule has 1 saturated heterocycles. The highest BCUT2D eigenvalue weighted by Crippen LogP contribution is 2.21. The maximum atomic E-state index is 12.5. The Hall–Kier alpha value is -1.40. The van der Waals surface area contributed by atoms with Crippen LogP contribution in [0.3, 0.4) is 0 Å². The van der Waals surface area contributed by atoms with Gasteiger partial charge in [-0.3, -0.25) is 4.79 Å². The molecular formula is C16H23NO4S. The maximum Gasteiger partial charge on any atom is 0.310 e. The highest BCUT2D eigenvalue weighted by molar-refractivity contribution is 7.89. The van der Waals surface area contributed by atoms with Crippen LogP contribution in [0.5, 0.6) is 0 Å². The Morgan fingerprint density at radius 2 is 1.77 bits per heavy atom. The second-order valence-electron chi connectivity index (χ2n) is 5.51. The molecule has 6 heteroatoms. The zero-order valence-electron chi connectivity index (χ0n) is 13.0. The van der Waals surface area contributed by atoms with Crippen molar-refractivity contribution in [2.75, 3.05) is 19.7 Å². The number of piperidine rings is 1. The van der Waals surface area contributed by atoms with Crippen LogP contribution in [0.15, 0.2) is 29.2 Å². The van der Waals surface area contributed by atoms with Crippen molar-refractivity contribution in [1.82, 2.24) is 4.31 Å². The Morgan fingerprint density at radius 3 is 2.36 bits per heavy atom. The molecule has 22 heavy (non-hydrogen) atoms. The normalized spacial score (nSPS) is 16.4. The number of hydrogen-bond donors (Lipinski definition) is 0. The van der Waals surface area contributed by atoms with Gasteiger partial charge in [-0.25, -0.2) is 8.42 Å². The molecule has 1 aromatic carbocycles. The highest BCUT2D eigenvalue weighted by atomic mass is 32.2. The third kappa shape index (κ3) is 4.30. The van der Waals surface area contributed by atoms with Crippen molar-refractivity contribution in [3.63, 3.8) is 0 Å². The van der Waals surface area contributed by atoms with E-state index in [-0.39, 0.29) is 12.4 Å². The molecule has 0 bridgehead atoms. The number of hydrogen-bond acceptors (Lipinski definition) is 4. The minimum Gasteiger partial charge on any atom is -0.465 e. The lowest BCUT2D eigenvalue weighted by Crippen LogP contribution is -2.35. The number of esters is 1. The van der Waals surface area contributed by atoms with E-state index in [9.17, 15) is 13.2 Å². The molecule has 2 rings (SSSR count). The van der Waals surface area contributed by atoms with Crippen molar-refractivity contribution >= 4 is 16.0 Å². The fourth-order valence-electron chi connectivity index (χ4n) is 2.47. The van der Waals surface area contributed by atoms with Crippen LogP contribution in [0.4, 0.5) is 0 Å². The van der Waals surface area contributed by atoms with Crippen molar-refractivity contribution in [2.24, 2.45) is 0 Å². The lowest BCUT2D eigenvalue weighted by molar-refractivity contribution is -0.142. The lowest BCUT2D eigenvalue weighted by atomic mass is 10.1. The smallest absolute Gasteiger partial charge is 0.310 e. The van der Waals surface area contributed by atoms with Crippen molar-refractivity contribution in [2.45, 2.75) is 43.9 Å². The fourth-order valence-corrected chi connectivity index (χ4v) is 3.98. The zero-order valence-corrected chi connectivity index (χ0v) is 13.8. The summed E-state index contributed by atoms with van der Waals surface area (Å²) in [6.45, 7) is 3.54. The topological polar surface area (TPSA) is 63.7 Å². The Bertz CT molecular complexity index is 589. The van der Waals surface area contributed by atoms with Gasteiger partial charge in [0.25, 0.3) is 0 Å². The average molecular weight is 325 g/mol. The third-order valence-electron chi connectivity index (χ3n) is 3.69. The average Bonchev–Trinajstić information content (AvgIpc) is 2.54. The number of ether oxygens (including phenoxy) is 1. The first-order chi connectivity index (χ1) is 10.5. The first-order valence-corrected chi connectivity index (χ1v) is 9.23. The van der Waals surface area contributed by atoms with Crippen LogP contribution in [0.25, 0.3) is 0 Å². The van der Waals surface area contributed by atoms with E-state index >= 15 is 0 Å². The van der Waals surface area contributed by atoms with Gasteiger partial charge in [0, 0.05) is 13.1 Å². The van der Waals surface area contributed by atoms with Gasteiger partial charge in [0.2, 0.25) is 10.0 Å². The van der Waals surface area contributed by atoms with E-state index in [0.29, 0.717) is 24.6 Å². The number of benzene rings is 1. The number of nitrogens with zero attached hydrogens (tertiary/aromatic N) is 1.